The standard InChI is InChI=1S/C15H22BrNO2/c1-2-6-18-7-3-5-17-11-13-10-14(16)9-12-4-8-19-15(12)13/h9-10,17H,2-8,11H2,1H3. The summed E-state index contributed by atoms with van der Waals surface area (Å²) >= 11 is 3.56. The lowest BCUT2D eigenvalue weighted by Crippen LogP contribution is -2.17. The van der Waals surface area contributed by atoms with Gasteiger partial charge in [0.2, 0.25) is 0 Å². The van der Waals surface area contributed by atoms with E-state index in [-0.39, 0.29) is 0 Å². The molecule has 1 aliphatic heterocycles. The number of hydrogen-bond acceptors (Lipinski definition) is 3. The molecule has 0 radical (unpaired) electrons. The van der Waals surface area contributed by atoms with Gasteiger partial charge in [-0.15, -0.1) is 0 Å². The second-order valence-electron chi connectivity index (χ2n) is 4.79. The molecule has 0 bridgehead atoms. The molecule has 0 spiro atoms. The van der Waals surface area contributed by atoms with Gasteiger partial charge >= 0.3 is 0 Å². The van der Waals surface area contributed by atoms with Gasteiger partial charge in [-0.2, -0.15) is 0 Å². The van der Waals surface area contributed by atoms with E-state index in [1.54, 1.807) is 0 Å². The molecule has 1 aromatic carbocycles. The molecule has 0 saturated heterocycles. The molecule has 106 valence electrons. The Balaban J connectivity index is 1.74. The van der Waals surface area contributed by atoms with Gasteiger partial charge in [0, 0.05) is 36.2 Å². The summed E-state index contributed by atoms with van der Waals surface area (Å²) in [5.41, 5.74) is 2.56. The van der Waals surface area contributed by atoms with Crippen molar-refractivity contribution < 1.29 is 9.47 Å². The molecule has 0 amide bonds. The molecule has 0 atom stereocenters. The van der Waals surface area contributed by atoms with Crippen LogP contribution in [0, 0.1) is 0 Å². The minimum Gasteiger partial charge on any atom is -0.493 e. The monoisotopic (exact) mass is 327 g/mol. The molecule has 0 aliphatic carbocycles. The number of rotatable bonds is 8. The molecule has 0 fully saturated rings. The Bertz CT molecular complexity index is 409. The van der Waals surface area contributed by atoms with Gasteiger partial charge in [-0.1, -0.05) is 22.9 Å². The molecule has 3 nitrogen and oxygen atoms in total. The van der Waals surface area contributed by atoms with Crippen LogP contribution < -0.4 is 10.1 Å². The van der Waals surface area contributed by atoms with Crippen molar-refractivity contribution in [1.29, 1.82) is 0 Å². The lowest BCUT2D eigenvalue weighted by atomic mass is 10.1. The van der Waals surface area contributed by atoms with Crippen LogP contribution in [0.5, 0.6) is 5.75 Å². The first-order valence-electron chi connectivity index (χ1n) is 7.04. The van der Waals surface area contributed by atoms with Crippen LogP contribution in [0.25, 0.3) is 0 Å². The third-order valence-electron chi connectivity index (χ3n) is 3.13. The van der Waals surface area contributed by atoms with Crippen LogP contribution in [-0.2, 0) is 17.7 Å². The van der Waals surface area contributed by atoms with E-state index in [2.05, 4.69) is 40.3 Å². The normalized spacial score (nSPS) is 13.4. The fourth-order valence-electron chi connectivity index (χ4n) is 2.25. The second kappa shape index (κ2) is 7.88. The Labute approximate surface area is 123 Å². The molecular formula is C15H22BrNO2. The summed E-state index contributed by atoms with van der Waals surface area (Å²) in [5, 5.41) is 3.45. The van der Waals surface area contributed by atoms with Gasteiger partial charge in [-0.25, -0.2) is 0 Å². The van der Waals surface area contributed by atoms with Gasteiger partial charge in [0.05, 0.1) is 6.61 Å². The quantitative estimate of drug-likeness (QED) is 0.743. The van der Waals surface area contributed by atoms with Crippen molar-refractivity contribution in [2.45, 2.75) is 32.7 Å². The lowest BCUT2D eigenvalue weighted by molar-refractivity contribution is 0.132. The molecule has 19 heavy (non-hydrogen) atoms. The third-order valence-corrected chi connectivity index (χ3v) is 3.59. The van der Waals surface area contributed by atoms with Gasteiger partial charge in [0.25, 0.3) is 0 Å². The molecule has 0 aromatic heterocycles. The maximum Gasteiger partial charge on any atom is 0.127 e. The van der Waals surface area contributed by atoms with Crippen LogP contribution in [0.4, 0.5) is 0 Å². The van der Waals surface area contributed by atoms with Gasteiger partial charge in [0.1, 0.15) is 5.75 Å². The van der Waals surface area contributed by atoms with Crippen LogP contribution in [0.1, 0.15) is 30.9 Å². The highest BCUT2D eigenvalue weighted by atomic mass is 79.9. The predicted molar refractivity (Wildman–Crippen MR) is 80.8 cm³/mol. The Morgan fingerprint density at radius 2 is 2.26 bits per heavy atom. The fraction of sp³-hybridized carbons (Fsp3) is 0.600. The van der Waals surface area contributed by atoms with Crippen molar-refractivity contribution in [1.82, 2.24) is 5.32 Å². The summed E-state index contributed by atoms with van der Waals surface area (Å²) in [6, 6.07) is 4.30. The molecule has 4 heteroatoms. The highest BCUT2D eigenvalue weighted by molar-refractivity contribution is 9.10. The van der Waals surface area contributed by atoms with Crippen molar-refractivity contribution in [3.05, 3.63) is 27.7 Å². The number of hydrogen-bond donors (Lipinski definition) is 1. The SMILES string of the molecule is CCCOCCCNCc1cc(Br)cc2c1OCC2. The van der Waals surface area contributed by atoms with Gasteiger partial charge in [-0.3, -0.25) is 0 Å². The van der Waals surface area contributed by atoms with Crippen LogP contribution in [-0.4, -0.2) is 26.4 Å². The van der Waals surface area contributed by atoms with E-state index in [1.807, 2.05) is 0 Å². The van der Waals surface area contributed by atoms with Crippen molar-refractivity contribution >= 4 is 15.9 Å². The summed E-state index contributed by atoms with van der Waals surface area (Å²) in [5.74, 6) is 1.08. The minimum absolute atomic E-state index is 0.809. The zero-order valence-corrected chi connectivity index (χ0v) is 13.1. The first-order chi connectivity index (χ1) is 9.31. The van der Waals surface area contributed by atoms with Gasteiger partial charge < -0.3 is 14.8 Å². The Morgan fingerprint density at radius 1 is 1.37 bits per heavy atom. The van der Waals surface area contributed by atoms with Gasteiger partial charge in [-0.05, 0) is 37.1 Å². The van der Waals surface area contributed by atoms with E-state index in [9.17, 15) is 0 Å². The summed E-state index contributed by atoms with van der Waals surface area (Å²) in [6.45, 7) is 6.48. The topological polar surface area (TPSA) is 30.5 Å². The third kappa shape index (κ3) is 4.48. The number of halogens is 1. The van der Waals surface area contributed by atoms with Crippen LogP contribution in [0.3, 0.4) is 0 Å². The lowest BCUT2D eigenvalue weighted by Gasteiger charge is -2.10. The van der Waals surface area contributed by atoms with Crippen molar-refractivity contribution in [3.63, 3.8) is 0 Å². The highest BCUT2D eigenvalue weighted by Crippen LogP contribution is 2.32. The van der Waals surface area contributed by atoms with E-state index >= 15 is 0 Å². The smallest absolute Gasteiger partial charge is 0.127 e. The van der Waals surface area contributed by atoms with E-state index in [1.165, 1.54) is 11.1 Å². The molecule has 1 heterocycles. The zero-order valence-electron chi connectivity index (χ0n) is 11.5. The largest absolute Gasteiger partial charge is 0.493 e. The molecule has 0 unspecified atom stereocenters. The average Bonchev–Trinajstić information content (AvgIpc) is 2.85. The maximum absolute atomic E-state index is 5.71. The van der Waals surface area contributed by atoms with Crippen molar-refractivity contribution in [2.75, 3.05) is 26.4 Å². The minimum atomic E-state index is 0.809. The molecule has 1 aromatic rings. The van der Waals surface area contributed by atoms with E-state index in [0.717, 1.165) is 62.4 Å². The number of ether oxygens (including phenoxy) is 2. The number of benzene rings is 1. The highest BCUT2D eigenvalue weighted by Gasteiger charge is 2.16. The van der Waals surface area contributed by atoms with Crippen LogP contribution in [0.15, 0.2) is 16.6 Å². The molecule has 2 rings (SSSR count). The first kappa shape index (κ1) is 14.8. The van der Waals surface area contributed by atoms with E-state index in [0.29, 0.717) is 0 Å². The number of fused-ring (bicyclic) bond motifs is 1. The Morgan fingerprint density at radius 3 is 3.11 bits per heavy atom. The van der Waals surface area contributed by atoms with Crippen LogP contribution >= 0.6 is 15.9 Å². The molecule has 0 saturated carbocycles. The van der Waals surface area contributed by atoms with Crippen molar-refractivity contribution in [2.24, 2.45) is 0 Å². The zero-order chi connectivity index (χ0) is 13.5. The molecular weight excluding hydrogens is 306 g/mol. The van der Waals surface area contributed by atoms with Crippen molar-refractivity contribution in [3.8, 4) is 5.75 Å². The Hall–Kier alpha value is -0.580. The fourth-order valence-corrected chi connectivity index (χ4v) is 2.80. The predicted octanol–water partition coefficient (Wildman–Crippen LogP) is 3.29. The molecule has 1 N–H and O–H groups in total. The Kier molecular flexibility index (Phi) is 6.14. The summed E-state index contributed by atoms with van der Waals surface area (Å²) in [4.78, 5) is 0. The second-order valence-corrected chi connectivity index (χ2v) is 5.71. The summed E-state index contributed by atoms with van der Waals surface area (Å²) < 4.78 is 12.3. The maximum atomic E-state index is 5.71. The summed E-state index contributed by atoms with van der Waals surface area (Å²) in [6.07, 6.45) is 3.17. The summed E-state index contributed by atoms with van der Waals surface area (Å²) in [7, 11) is 0. The van der Waals surface area contributed by atoms with Crippen LogP contribution in [0.2, 0.25) is 0 Å². The van der Waals surface area contributed by atoms with E-state index < -0.39 is 0 Å². The molecule has 1 aliphatic rings. The van der Waals surface area contributed by atoms with E-state index in [4.69, 9.17) is 9.47 Å². The first-order valence-corrected chi connectivity index (χ1v) is 7.83. The van der Waals surface area contributed by atoms with Gasteiger partial charge in [0.15, 0.2) is 0 Å². The number of nitrogens with one attached hydrogen (secondary N) is 1. The average molecular weight is 328 g/mol.